The van der Waals surface area contributed by atoms with Gasteiger partial charge in [0.2, 0.25) is 0 Å². The van der Waals surface area contributed by atoms with Crippen molar-refractivity contribution in [3.63, 3.8) is 0 Å². The quantitative estimate of drug-likeness (QED) is 0.146. The Bertz CT molecular complexity index is 2810. The van der Waals surface area contributed by atoms with E-state index in [9.17, 15) is 0 Å². The molecule has 0 radical (unpaired) electrons. The lowest BCUT2D eigenvalue weighted by atomic mass is 9.98. The summed E-state index contributed by atoms with van der Waals surface area (Å²) in [5, 5.41) is 1.10. The Labute approximate surface area is 339 Å². The summed E-state index contributed by atoms with van der Waals surface area (Å²) in [6.45, 7) is 0. The molecule has 0 unspecified atom stereocenters. The van der Waals surface area contributed by atoms with Gasteiger partial charge in [0.25, 0.3) is 0 Å². The average molecular weight is 742 g/mol. The Morgan fingerprint density at radius 1 is 0.259 bits per heavy atom. The molecule has 0 saturated heterocycles. The molecular weight excluding hydrogens is 703 g/mol. The molecule has 58 heavy (non-hydrogen) atoms. The van der Waals surface area contributed by atoms with Crippen LogP contribution in [0.25, 0.3) is 77.9 Å². The zero-order chi connectivity index (χ0) is 38.7. The Morgan fingerprint density at radius 3 is 1.09 bits per heavy atom. The zero-order valence-electron chi connectivity index (χ0n) is 31.9. The van der Waals surface area contributed by atoms with E-state index in [-0.39, 0.29) is 0 Å². The van der Waals surface area contributed by atoms with Gasteiger partial charge in [-0.25, -0.2) is 0 Å². The van der Waals surface area contributed by atoms with Gasteiger partial charge in [0.05, 0.1) is 0 Å². The van der Waals surface area contributed by atoms with Crippen LogP contribution in [0.5, 0.6) is 0 Å². The van der Waals surface area contributed by atoms with Crippen molar-refractivity contribution < 1.29 is 4.42 Å². The van der Waals surface area contributed by atoms with Crippen molar-refractivity contribution in [2.75, 3.05) is 4.90 Å². The standard InChI is InChI=1S/C56H39NO/c1-4-13-40(14-5-1)42-23-27-44(28-24-42)46-31-35-50(36-32-46)57(51-37-33-47(34-38-51)45-29-25-43(26-30-45)41-15-6-2-7-16-41)52-20-12-19-49(39-52)56-55(48-17-8-3-9-18-48)53-21-10-11-22-54(53)58-56/h1-39H. The van der Waals surface area contributed by atoms with E-state index >= 15 is 0 Å². The van der Waals surface area contributed by atoms with Crippen LogP contribution in [0.3, 0.4) is 0 Å². The second-order valence-corrected chi connectivity index (χ2v) is 14.5. The fourth-order valence-electron chi connectivity index (χ4n) is 7.95. The number of nitrogens with zero attached hydrogens (tertiary/aromatic N) is 1. The number of benzene rings is 9. The molecular formula is C56H39NO. The normalized spacial score (nSPS) is 11.1. The zero-order valence-corrected chi connectivity index (χ0v) is 31.9. The molecule has 274 valence electrons. The molecule has 9 aromatic carbocycles. The maximum Gasteiger partial charge on any atom is 0.143 e. The lowest BCUT2D eigenvalue weighted by Gasteiger charge is -2.26. The summed E-state index contributed by atoms with van der Waals surface area (Å²) in [5.74, 6) is 0.859. The van der Waals surface area contributed by atoms with E-state index in [4.69, 9.17) is 4.42 Å². The highest BCUT2D eigenvalue weighted by Crippen LogP contribution is 2.44. The van der Waals surface area contributed by atoms with E-state index in [0.29, 0.717) is 0 Å². The van der Waals surface area contributed by atoms with Gasteiger partial charge in [-0.1, -0.05) is 194 Å². The second-order valence-electron chi connectivity index (χ2n) is 14.5. The minimum Gasteiger partial charge on any atom is -0.455 e. The molecule has 0 N–H and O–H groups in total. The van der Waals surface area contributed by atoms with Crippen molar-refractivity contribution in [2.24, 2.45) is 0 Å². The molecule has 10 rings (SSSR count). The van der Waals surface area contributed by atoms with E-state index in [1.54, 1.807) is 0 Å². The predicted molar refractivity (Wildman–Crippen MR) is 244 cm³/mol. The summed E-state index contributed by atoms with van der Waals surface area (Å²) >= 11 is 0. The van der Waals surface area contributed by atoms with Crippen molar-refractivity contribution >= 4 is 28.0 Å². The molecule has 0 saturated carbocycles. The predicted octanol–water partition coefficient (Wildman–Crippen LogP) is 15.9. The molecule has 0 aliphatic heterocycles. The van der Waals surface area contributed by atoms with Crippen LogP contribution in [0.4, 0.5) is 17.1 Å². The van der Waals surface area contributed by atoms with Crippen molar-refractivity contribution in [3.8, 4) is 67.0 Å². The number of furan rings is 1. The molecule has 0 fully saturated rings. The summed E-state index contributed by atoms with van der Waals surface area (Å²) in [7, 11) is 0. The van der Waals surface area contributed by atoms with Gasteiger partial charge in [-0.05, 0) is 92.5 Å². The minimum atomic E-state index is 0.859. The van der Waals surface area contributed by atoms with Gasteiger partial charge in [0.15, 0.2) is 0 Å². The number of hydrogen-bond donors (Lipinski definition) is 0. The van der Waals surface area contributed by atoms with Crippen LogP contribution in [0, 0.1) is 0 Å². The molecule has 0 spiro atoms. The van der Waals surface area contributed by atoms with E-state index in [0.717, 1.165) is 50.5 Å². The third kappa shape index (κ3) is 6.89. The monoisotopic (exact) mass is 741 g/mol. The lowest BCUT2D eigenvalue weighted by Crippen LogP contribution is -2.10. The number of para-hydroxylation sites is 1. The highest BCUT2D eigenvalue weighted by molar-refractivity contribution is 6.02. The molecule has 1 heterocycles. The summed E-state index contributed by atoms with van der Waals surface area (Å²) in [4.78, 5) is 2.33. The smallest absolute Gasteiger partial charge is 0.143 e. The Kier molecular flexibility index (Phi) is 9.27. The van der Waals surface area contributed by atoms with Gasteiger partial charge in [-0.3, -0.25) is 0 Å². The van der Waals surface area contributed by atoms with Crippen LogP contribution >= 0.6 is 0 Å². The van der Waals surface area contributed by atoms with E-state index in [1.807, 2.05) is 6.07 Å². The molecule has 0 atom stereocenters. The number of rotatable bonds is 9. The molecule has 10 aromatic rings. The van der Waals surface area contributed by atoms with Gasteiger partial charge in [0.1, 0.15) is 11.3 Å². The molecule has 0 aliphatic rings. The van der Waals surface area contributed by atoms with E-state index in [1.165, 1.54) is 44.5 Å². The van der Waals surface area contributed by atoms with Crippen molar-refractivity contribution in [1.29, 1.82) is 0 Å². The maximum absolute atomic E-state index is 6.67. The van der Waals surface area contributed by atoms with Gasteiger partial charge >= 0.3 is 0 Å². The van der Waals surface area contributed by atoms with Crippen LogP contribution in [0.15, 0.2) is 241 Å². The average Bonchev–Trinajstić information content (AvgIpc) is 3.71. The van der Waals surface area contributed by atoms with Crippen molar-refractivity contribution in [1.82, 2.24) is 0 Å². The summed E-state index contributed by atoms with van der Waals surface area (Å²) in [5.41, 5.74) is 16.8. The first-order valence-electron chi connectivity index (χ1n) is 19.7. The van der Waals surface area contributed by atoms with Crippen LogP contribution in [-0.4, -0.2) is 0 Å². The molecule has 2 heteroatoms. The molecule has 0 bridgehead atoms. The third-order valence-corrected chi connectivity index (χ3v) is 10.9. The fourth-order valence-corrected chi connectivity index (χ4v) is 7.95. The Morgan fingerprint density at radius 2 is 0.621 bits per heavy atom. The van der Waals surface area contributed by atoms with Gasteiger partial charge in [-0.2, -0.15) is 0 Å². The lowest BCUT2D eigenvalue weighted by molar-refractivity contribution is 0.632. The summed E-state index contributed by atoms with van der Waals surface area (Å²) < 4.78 is 6.67. The third-order valence-electron chi connectivity index (χ3n) is 10.9. The largest absolute Gasteiger partial charge is 0.455 e. The number of anilines is 3. The first-order chi connectivity index (χ1) is 28.7. The van der Waals surface area contributed by atoms with Crippen LogP contribution in [0.1, 0.15) is 0 Å². The van der Waals surface area contributed by atoms with Crippen LogP contribution < -0.4 is 4.90 Å². The Balaban J connectivity index is 1.03. The molecule has 1 aromatic heterocycles. The van der Waals surface area contributed by atoms with Crippen molar-refractivity contribution in [2.45, 2.75) is 0 Å². The van der Waals surface area contributed by atoms with Gasteiger partial charge < -0.3 is 9.32 Å². The van der Waals surface area contributed by atoms with Crippen LogP contribution in [-0.2, 0) is 0 Å². The highest BCUT2D eigenvalue weighted by atomic mass is 16.3. The van der Waals surface area contributed by atoms with Crippen LogP contribution in [0.2, 0.25) is 0 Å². The number of hydrogen-bond acceptors (Lipinski definition) is 2. The highest BCUT2D eigenvalue weighted by Gasteiger charge is 2.20. The molecule has 0 amide bonds. The SMILES string of the molecule is c1ccc(-c2ccc(-c3ccc(N(c4ccc(-c5ccc(-c6ccccc6)cc5)cc4)c4cccc(-c5oc6ccccc6c5-c5ccccc5)c4)cc3)cc2)cc1. The summed E-state index contributed by atoms with van der Waals surface area (Å²) in [6.07, 6.45) is 0. The first kappa shape index (κ1) is 34.8. The van der Waals surface area contributed by atoms with Gasteiger partial charge in [0, 0.05) is 33.6 Å². The number of fused-ring (bicyclic) bond motifs is 1. The molecule has 0 aliphatic carbocycles. The first-order valence-corrected chi connectivity index (χ1v) is 19.7. The van der Waals surface area contributed by atoms with Crippen molar-refractivity contribution in [3.05, 3.63) is 237 Å². The van der Waals surface area contributed by atoms with E-state index < -0.39 is 0 Å². The topological polar surface area (TPSA) is 16.4 Å². The minimum absolute atomic E-state index is 0.859. The Hall–Kier alpha value is -7.68. The van der Waals surface area contributed by atoms with E-state index in [2.05, 4.69) is 235 Å². The summed E-state index contributed by atoms with van der Waals surface area (Å²) in [6, 6.07) is 84.0. The maximum atomic E-state index is 6.67. The van der Waals surface area contributed by atoms with Gasteiger partial charge in [-0.15, -0.1) is 0 Å². The fraction of sp³-hybridized carbons (Fsp3) is 0. The molecule has 2 nitrogen and oxygen atoms in total. The second kappa shape index (κ2) is 15.5.